The summed E-state index contributed by atoms with van der Waals surface area (Å²) in [5.41, 5.74) is 1.38. The molecular weight excluding hydrogens is 236 g/mol. The van der Waals surface area contributed by atoms with Crippen LogP contribution in [0.4, 0.5) is 0 Å². The van der Waals surface area contributed by atoms with Gasteiger partial charge in [0.1, 0.15) is 0 Å². The van der Waals surface area contributed by atoms with E-state index in [2.05, 4.69) is 48.3 Å². The second-order valence-electron chi connectivity index (χ2n) is 4.93. The maximum atomic E-state index is 9.89. The van der Waals surface area contributed by atoms with Crippen LogP contribution in [-0.2, 0) is 6.42 Å². The number of nitrogens with zero attached hydrogens (tertiary/aromatic N) is 1. The molecule has 0 radical (unpaired) electrons. The molecule has 0 aromatic heterocycles. The molecule has 19 heavy (non-hydrogen) atoms. The van der Waals surface area contributed by atoms with Gasteiger partial charge in [-0.1, -0.05) is 44.2 Å². The van der Waals surface area contributed by atoms with Gasteiger partial charge in [-0.05, 0) is 38.0 Å². The van der Waals surface area contributed by atoms with Gasteiger partial charge in [0, 0.05) is 13.1 Å². The topological polar surface area (TPSA) is 35.5 Å². The standard InChI is InChI=1S/C16H28N2O/c1-3-18(4-2)14-16(19)13-17-12-8-11-15-9-6-5-7-10-15/h5-7,9-10,16-17,19H,3-4,8,11-14H2,1-2H3. The molecule has 0 aliphatic carbocycles. The van der Waals surface area contributed by atoms with Crippen LogP contribution in [-0.4, -0.2) is 48.8 Å². The maximum Gasteiger partial charge on any atom is 0.0791 e. The van der Waals surface area contributed by atoms with Crippen molar-refractivity contribution in [1.29, 1.82) is 0 Å². The van der Waals surface area contributed by atoms with Gasteiger partial charge in [0.15, 0.2) is 0 Å². The number of hydrogen-bond acceptors (Lipinski definition) is 3. The molecule has 3 heteroatoms. The summed E-state index contributed by atoms with van der Waals surface area (Å²) >= 11 is 0. The molecular formula is C16H28N2O. The van der Waals surface area contributed by atoms with Gasteiger partial charge in [-0.15, -0.1) is 0 Å². The highest BCUT2D eigenvalue weighted by atomic mass is 16.3. The van der Waals surface area contributed by atoms with Crippen molar-refractivity contribution < 1.29 is 5.11 Å². The quantitative estimate of drug-likeness (QED) is 0.634. The Morgan fingerprint density at radius 2 is 1.84 bits per heavy atom. The minimum atomic E-state index is -0.267. The lowest BCUT2D eigenvalue weighted by Crippen LogP contribution is -2.38. The van der Waals surface area contributed by atoms with Crippen LogP contribution in [0.15, 0.2) is 30.3 Å². The lowest BCUT2D eigenvalue weighted by atomic mass is 10.1. The smallest absolute Gasteiger partial charge is 0.0791 e. The first-order valence-electron chi connectivity index (χ1n) is 7.41. The Labute approximate surface area is 117 Å². The Hall–Kier alpha value is -0.900. The van der Waals surface area contributed by atoms with Gasteiger partial charge in [0.05, 0.1) is 6.10 Å². The molecule has 1 unspecified atom stereocenters. The second kappa shape index (κ2) is 9.96. The third kappa shape index (κ3) is 7.31. The van der Waals surface area contributed by atoms with E-state index in [1.54, 1.807) is 0 Å². The zero-order valence-corrected chi connectivity index (χ0v) is 12.3. The summed E-state index contributed by atoms with van der Waals surface area (Å²) in [6.45, 7) is 8.67. The molecule has 0 saturated carbocycles. The number of aliphatic hydroxyl groups is 1. The van der Waals surface area contributed by atoms with Gasteiger partial charge in [0.25, 0.3) is 0 Å². The molecule has 3 nitrogen and oxygen atoms in total. The fourth-order valence-corrected chi connectivity index (χ4v) is 2.18. The molecule has 0 heterocycles. The number of nitrogens with one attached hydrogen (secondary N) is 1. The van der Waals surface area contributed by atoms with E-state index in [4.69, 9.17) is 0 Å². The van der Waals surface area contributed by atoms with E-state index in [-0.39, 0.29) is 6.10 Å². The van der Waals surface area contributed by atoms with Crippen LogP contribution in [0.25, 0.3) is 0 Å². The summed E-state index contributed by atoms with van der Waals surface area (Å²) in [5.74, 6) is 0. The molecule has 0 aliphatic heterocycles. The summed E-state index contributed by atoms with van der Waals surface area (Å²) in [7, 11) is 0. The third-order valence-electron chi connectivity index (χ3n) is 3.41. The average Bonchev–Trinajstić information content (AvgIpc) is 2.45. The van der Waals surface area contributed by atoms with E-state index in [1.807, 2.05) is 6.07 Å². The van der Waals surface area contributed by atoms with Crippen LogP contribution in [0, 0.1) is 0 Å². The van der Waals surface area contributed by atoms with Crippen LogP contribution in [0.5, 0.6) is 0 Å². The Morgan fingerprint density at radius 1 is 1.16 bits per heavy atom. The van der Waals surface area contributed by atoms with E-state index in [1.165, 1.54) is 5.56 Å². The summed E-state index contributed by atoms with van der Waals surface area (Å²) in [6, 6.07) is 10.5. The number of rotatable bonds is 10. The van der Waals surface area contributed by atoms with Crippen LogP contribution < -0.4 is 5.32 Å². The van der Waals surface area contributed by atoms with Gasteiger partial charge >= 0.3 is 0 Å². The Kier molecular flexibility index (Phi) is 8.47. The van der Waals surface area contributed by atoms with Crippen molar-refractivity contribution in [3.05, 3.63) is 35.9 Å². The zero-order chi connectivity index (χ0) is 13.9. The molecule has 1 rings (SSSR count). The SMILES string of the molecule is CCN(CC)CC(O)CNCCCc1ccccc1. The summed E-state index contributed by atoms with van der Waals surface area (Å²) in [6.07, 6.45) is 1.94. The van der Waals surface area contributed by atoms with Crippen molar-refractivity contribution in [3.8, 4) is 0 Å². The predicted octanol–water partition coefficient (Wildman–Crippen LogP) is 1.91. The summed E-state index contributed by atoms with van der Waals surface area (Å²) in [5, 5.41) is 13.2. The number of aliphatic hydroxyl groups excluding tert-OH is 1. The van der Waals surface area contributed by atoms with E-state index in [0.717, 1.165) is 39.0 Å². The molecule has 1 aromatic carbocycles. The number of aryl methyl sites for hydroxylation is 1. The van der Waals surface area contributed by atoms with Gasteiger partial charge in [-0.3, -0.25) is 0 Å². The lowest BCUT2D eigenvalue weighted by Gasteiger charge is -2.22. The van der Waals surface area contributed by atoms with Crippen molar-refractivity contribution >= 4 is 0 Å². The Balaban J connectivity index is 2.04. The van der Waals surface area contributed by atoms with Crippen molar-refractivity contribution in [2.24, 2.45) is 0 Å². The summed E-state index contributed by atoms with van der Waals surface area (Å²) in [4.78, 5) is 2.25. The molecule has 108 valence electrons. The minimum Gasteiger partial charge on any atom is -0.390 e. The van der Waals surface area contributed by atoms with E-state index in [0.29, 0.717) is 6.54 Å². The van der Waals surface area contributed by atoms with Crippen molar-refractivity contribution in [2.75, 3.05) is 32.7 Å². The van der Waals surface area contributed by atoms with Crippen molar-refractivity contribution in [3.63, 3.8) is 0 Å². The molecule has 0 aliphatic rings. The summed E-state index contributed by atoms with van der Waals surface area (Å²) < 4.78 is 0. The third-order valence-corrected chi connectivity index (χ3v) is 3.41. The Bertz CT molecular complexity index is 312. The van der Waals surface area contributed by atoms with Crippen LogP contribution >= 0.6 is 0 Å². The monoisotopic (exact) mass is 264 g/mol. The molecule has 0 bridgehead atoms. The average molecular weight is 264 g/mol. The van der Waals surface area contributed by atoms with E-state index >= 15 is 0 Å². The van der Waals surface area contributed by atoms with Gasteiger partial charge < -0.3 is 15.3 Å². The fourth-order valence-electron chi connectivity index (χ4n) is 2.18. The highest BCUT2D eigenvalue weighted by Gasteiger charge is 2.07. The first-order chi connectivity index (χ1) is 9.26. The zero-order valence-electron chi connectivity index (χ0n) is 12.3. The fraction of sp³-hybridized carbons (Fsp3) is 0.625. The molecule has 1 aromatic rings. The van der Waals surface area contributed by atoms with Crippen LogP contribution in [0.3, 0.4) is 0 Å². The highest BCUT2D eigenvalue weighted by Crippen LogP contribution is 2.01. The van der Waals surface area contributed by atoms with Gasteiger partial charge in [-0.25, -0.2) is 0 Å². The predicted molar refractivity (Wildman–Crippen MR) is 81.4 cm³/mol. The molecule has 0 saturated heterocycles. The van der Waals surface area contributed by atoms with Crippen LogP contribution in [0.2, 0.25) is 0 Å². The molecule has 1 atom stereocenters. The molecule has 0 spiro atoms. The molecule has 0 amide bonds. The number of benzene rings is 1. The maximum absolute atomic E-state index is 9.89. The normalized spacial score (nSPS) is 12.8. The highest BCUT2D eigenvalue weighted by molar-refractivity contribution is 5.14. The van der Waals surface area contributed by atoms with Crippen molar-refractivity contribution in [1.82, 2.24) is 10.2 Å². The Morgan fingerprint density at radius 3 is 2.47 bits per heavy atom. The lowest BCUT2D eigenvalue weighted by molar-refractivity contribution is 0.117. The molecule has 2 N–H and O–H groups in total. The largest absolute Gasteiger partial charge is 0.390 e. The van der Waals surface area contributed by atoms with E-state index < -0.39 is 0 Å². The van der Waals surface area contributed by atoms with E-state index in [9.17, 15) is 5.11 Å². The molecule has 0 fully saturated rings. The van der Waals surface area contributed by atoms with Gasteiger partial charge in [-0.2, -0.15) is 0 Å². The first kappa shape index (κ1) is 16.2. The van der Waals surface area contributed by atoms with Crippen LogP contribution in [0.1, 0.15) is 25.8 Å². The van der Waals surface area contributed by atoms with Gasteiger partial charge in [0.2, 0.25) is 0 Å². The second-order valence-corrected chi connectivity index (χ2v) is 4.93. The minimum absolute atomic E-state index is 0.267. The van der Waals surface area contributed by atoms with Crippen molar-refractivity contribution in [2.45, 2.75) is 32.8 Å². The first-order valence-corrected chi connectivity index (χ1v) is 7.41. The number of hydrogen-bond donors (Lipinski definition) is 2. The number of likely N-dealkylation sites (N-methyl/N-ethyl adjacent to an activating group) is 1.